The molecule has 1 saturated carbocycles. The van der Waals surface area contributed by atoms with Gasteiger partial charge in [0.2, 0.25) is 12.2 Å². The van der Waals surface area contributed by atoms with Crippen molar-refractivity contribution < 1.29 is 28.0 Å². The second-order valence-electron chi connectivity index (χ2n) is 8.74. The monoisotopic (exact) mass is 485 g/mol. The van der Waals surface area contributed by atoms with Gasteiger partial charge in [-0.2, -0.15) is 4.39 Å². The van der Waals surface area contributed by atoms with E-state index < -0.39 is 29.8 Å². The lowest BCUT2D eigenvalue weighted by molar-refractivity contribution is -0.148. The van der Waals surface area contributed by atoms with Crippen molar-refractivity contribution in [2.75, 3.05) is 44.1 Å². The van der Waals surface area contributed by atoms with E-state index >= 15 is 4.39 Å². The van der Waals surface area contributed by atoms with E-state index in [0.717, 1.165) is 25.7 Å². The molecule has 0 radical (unpaired) electrons. The third kappa shape index (κ3) is 6.35. The minimum Gasteiger partial charge on any atom is -0.352 e. The molecule has 0 aromatic carbocycles. The number of rotatable bonds is 10. The maximum atomic E-state index is 15.2. The molecule has 188 valence electrons. The second-order valence-corrected chi connectivity index (χ2v) is 8.74. The Morgan fingerprint density at radius 3 is 2.56 bits per heavy atom. The summed E-state index contributed by atoms with van der Waals surface area (Å²) in [5.74, 6) is -3.35. The van der Waals surface area contributed by atoms with Crippen LogP contribution in [-0.2, 0) is 9.59 Å². The topological polar surface area (TPSA) is 114 Å². The van der Waals surface area contributed by atoms with E-state index in [4.69, 9.17) is 0 Å². The number of hydrogen-bond donors (Lipinski definition) is 3. The number of halogens is 3. The number of amides is 2. The molecule has 2 aliphatic rings. The average Bonchev–Trinajstić information content (AvgIpc) is 3.49. The van der Waals surface area contributed by atoms with Crippen molar-refractivity contribution in [3.63, 3.8) is 0 Å². The number of anilines is 2. The van der Waals surface area contributed by atoms with Crippen molar-refractivity contribution in [2.45, 2.75) is 44.6 Å². The molecule has 34 heavy (non-hydrogen) atoms. The lowest BCUT2D eigenvalue weighted by atomic mass is 10.0. The molecule has 1 aromatic rings. The van der Waals surface area contributed by atoms with Crippen LogP contribution in [0.25, 0.3) is 0 Å². The van der Waals surface area contributed by atoms with Crippen molar-refractivity contribution >= 4 is 24.0 Å². The standard InChI is InChI=1S/C21H30F3N7O3/c1-29(2)15-7-8-30(11-15)20-16(22)18(25-19(26-20)17(23)24)27-28-21(33)14(10-31(34)12-32)9-13-5-3-4-6-13/h9,12-13,15,17,34H,3-8,10-11H2,1-2H3,(H,28,33)(H,25,26,27)/b14-9-/t15-/m1/s1. The van der Waals surface area contributed by atoms with E-state index in [0.29, 0.717) is 24.6 Å². The number of nitrogens with zero attached hydrogens (tertiary/aromatic N) is 5. The van der Waals surface area contributed by atoms with Gasteiger partial charge in [-0.1, -0.05) is 18.9 Å². The van der Waals surface area contributed by atoms with E-state index in [1.165, 1.54) is 0 Å². The van der Waals surface area contributed by atoms with Gasteiger partial charge in [0.25, 0.3) is 12.3 Å². The molecule has 1 atom stereocenters. The molecule has 2 heterocycles. The highest BCUT2D eigenvalue weighted by atomic mass is 19.3. The zero-order valence-electron chi connectivity index (χ0n) is 19.2. The number of allylic oxidation sites excluding steroid dienone is 1. The molecule has 1 aromatic heterocycles. The van der Waals surface area contributed by atoms with Crippen molar-refractivity contribution in [1.29, 1.82) is 0 Å². The van der Waals surface area contributed by atoms with Crippen LogP contribution in [0.1, 0.15) is 44.4 Å². The van der Waals surface area contributed by atoms with Crippen molar-refractivity contribution in [3.05, 3.63) is 23.3 Å². The summed E-state index contributed by atoms with van der Waals surface area (Å²) in [5, 5.41) is 9.86. The Morgan fingerprint density at radius 2 is 1.97 bits per heavy atom. The number of nitrogens with one attached hydrogen (secondary N) is 2. The van der Waals surface area contributed by atoms with Crippen LogP contribution in [-0.4, -0.2) is 77.2 Å². The summed E-state index contributed by atoms with van der Waals surface area (Å²) >= 11 is 0. The first-order valence-electron chi connectivity index (χ1n) is 11.1. The van der Waals surface area contributed by atoms with Crippen molar-refractivity contribution in [1.82, 2.24) is 25.4 Å². The normalized spacial score (nSPS) is 19.2. The van der Waals surface area contributed by atoms with Gasteiger partial charge in [0.15, 0.2) is 17.5 Å². The quantitative estimate of drug-likeness (QED) is 0.200. The SMILES string of the molecule is CN(C)[C@@H]1CCN(c2nc(C(F)F)nc(NNC(=O)/C(=C\C3CCCC3)CN(O)C=O)c2F)C1. The summed E-state index contributed by atoms with van der Waals surface area (Å²) in [6.07, 6.45) is 3.22. The number of carbonyl (C=O) groups excluding carboxylic acids is 2. The van der Waals surface area contributed by atoms with Gasteiger partial charge in [0, 0.05) is 24.7 Å². The first-order valence-corrected chi connectivity index (χ1v) is 11.1. The maximum Gasteiger partial charge on any atom is 0.297 e. The molecule has 2 fully saturated rings. The molecule has 2 amide bonds. The Bertz CT molecular complexity index is 910. The van der Waals surface area contributed by atoms with Crippen LogP contribution in [0.5, 0.6) is 0 Å². The molecule has 1 saturated heterocycles. The molecule has 0 spiro atoms. The highest BCUT2D eigenvalue weighted by Gasteiger charge is 2.30. The molecule has 13 heteroatoms. The largest absolute Gasteiger partial charge is 0.352 e. The maximum absolute atomic E-state index is 15.2. The summed E-state index contributed by atoms with van der Waals surface area (Å²) in [4.78, 5) is 34.3. The Morgan fingerprint density at radius 1 is 1.26 bits per heavy atom. The van der Waals surface area contributed by atoms with Crippen LogP contribution >= 0.6 is 0 Å². The minimum absolute atomic E-state index is 0.0751. The summed E-state index contributed by atoms with van der Waals surface area (Å²) in [7, 11) is 3.76. The molecular formula is C21H30F3N7O3. The molecule has 0 bridgehead atoms. The molecule has 1 aliphatic heterocycles. The lowest BCUT2D eigenvalue weighted by Crippen LogP contribution is -2.36. The third-order valence-electron chi connectivity index (χ3n) is 6.12. The van der Waals surface area contributed by atoms with Gasteiger partial charge >= 0.3 is 0 Å². The number of likely N-dealkylation sites (N-methyl/N-ethyl adjacent to an activating group) is 1. The van der Waals surface area contributed by atoms with Gasteiger partial charge in [0.1, 0.15) is 0 Å². The van der Waals surface area contributed by atoms with Crippen molar-refractivity contribution in [2.24, 2.45) is 5.92 Å². The van der Waals surface area contributed by atoms with E-state index in [9.17, 15) is 23.6 Å². The van der Waals surface area contributed by atoms with E-state index in [-0.39, 0.29) is 36.3 Å². The molecule has 10 nitrogen and oxygen atoms in total. The minimum atomic E-state index is -3.05. The number of carbonyl (C=O) groups is 2. The van der Waals surface area contributed by atoms with Crippen LogP contribution < -0.4 is 15.8 Å². The number of hydrazine groups is 1. The molecule has 3 N–H and O–H groups in total. The first kappa shape index (κ1) is 25.7. The molecule has 0 unspecified atom stereocenters. The summed E-state index contributed by atoms with van der Waals surface area (Å²) in [5.41, 5.74) is 4.59. The van der Waals surface area contributed by atoms with E-state index in [1.54, 1.807) is 11.0 Å². The van der Waals surface area contributed by atoms with Gasteiger partial charge in [-0.3, -0.25) is 25.6 Å². The van der Waals surface area contributed by atoms with Crippen LogP contribution in [0.3, 0.4) is 0 Å². The summed E-state index contributed by atoms with van der Waals surface area (Å²) < 4.78 is 42.0. The van der Waals surface area contributed by atoms with Gasteiger partial charge in [0.05, 0.1) is 6.54 Å². The Balaban J connectivity index is 1.79. The number of hydroxylamine groups is 2. The zero-order chi connectivity index (χ0) is 24.8. The van der Waals surface area contributed by atoms with E-state index in [1.807, 2.05) is 19.0 Å². The number of aromatic nitrogens is 2. The fourth-order valence-electron chi connectivity index (χ4n) is 4.21. The van der Waals surface area contributed by atoms with E-state index in [2.05, 4.69) is 20.8 Å². The lowest BCUT2D eigenvalue weighted by Gasteiger charge is -2.22. The van der Waals surface area contributed by atoms with Gasteiger partial charge in [-0.15, -0.1) is 0 Å². The van der Waals surface area contributed by atoms with Gasteiger partial charge in [-0.25, -0.2) is 23.8 Å². The highest BCUT2D eigenvalue weighted by Crippen LogP contribution is 2.30. The predicted octanol–water partition coefficient (Wildman–Crippen LogP) is 2.10. The van der Waals surface area contributed by atoms with Crippen LogP contribution in [0.15, 0.2) is 11.6 Å². The Kier molecular flexibility index (Phi) is 8.67. The molecule has 1 aliphatic carbocycles. The summed E-state index contributed by atoms with van der Waals surface area (Å²) in [6.45, 7) is 0.451. The average molecular weight is 486 g/mol. The fourth-order valence-corrected chi connectivity index (χ4v) is 4.21. The molecule has 3 rings (SSSR count). The number of alkyl halides is 2. The van der Waals surface area contributed by atoms with Crippen molar-refractivity contribution in [3.8, 4) is 0 Å². The highest BCUT2D eigenvalue weighted by molar-refractivity contribution is 5.94. The zero-order valence-corrected chi connectivity index (χ0v) is 19.2. The van der Waals surface area contributed by atoms with Crippen LogP contribution in [0.2, 0.25) is 0 Å². The second kappa shape index (κ2) is 11.5. The number of hydrogen-bond acceptors (Lipinski definition) is 8. The van der Waals surface area contributed by atoms with Crippen LogP contribution in [0.4, 0.5) is 24.8 Å². The summed E-state index contributed by atoms with van der Waals surface area (Å²) in [6, 6.07) is 0.114. The Hall–Kier alpha value is -2.93. The molecular weight excluding hydrogens is 455 g/mol. The smallest absolute Gasteiger partial charge is 0.297 e. The fraction of sp³-hybridized carbons (Fsp3) is 0.619. The van der Waals surface area contributed by atoms with Gasteiger partial charge < -0.3 is 9.80 Å². The third-order valence-corrected chi connectivity index (χ3v) is 6.12. The Labute approximate surface area is 195 Å². The first-order chi connectivity index (χ1) is 16.2. The predicted molar refractivity (Wildman–Crippen MR) is 118 cm³/mol. The van der Waals surface area contributed by atoms with Gasteiger partial charge in [-0.05, 0) is 39.3 Å². The van der Waals surface area contributed by atoms with Crippen LogP contribution in [0, 0.1) is 11.7 Å².